The Bertz CT molecular complexity index is 1220. The molecule has 0 unspecified atom stereocenters. The Morgan fingerprint density at radius 3 is 2.06 bits per heavy atom. The molecule has 0 heterocycles. The highest BCUT2D eigenvalue weighted by Gasteiger charge is 2.41. The molecule has 0 spiro atoms. The maximum absolute atomic E-state index is 12.8. The third kappa shape index (κ3) is 4.89. The number of aliphatic carboxylic acids is 1. The third-order valence-electron chi connectivity index (χ3n) is 6.09. The number of aromatic hydroxyl groups is 1. The molecular formula is C26H28N2O7. The van der Waals surface area contributed by atoms with Gasteiger partial charge in [-0.1, -0.05) is 0 Å². The molecular weight excluding hydrogens is 452 g/mol. The Morgan fingerprint density at radius 1 is 0.886 bits per heavy atom. The number of aliphatic hydroxyl groups excluding tert-OH is 1. The van der Waals surface area contributed by atoms with Crippen LogP contribution in [-0.4, -0.2) is 69.7 Å². The summed E-state index contributed by atoms with van der Waals surface area (Å²) < 4.78 is 0. The van der Waals surface area contributed by atoms with Gasteiger partial charge in [0.05, 0.1) is 17.6 Å². The van der Waals surface area contributed by atoms with E-state index in [1.807, 2.05) is 25.7 Å². The van der Waals surface area contributed by atoms with Gasteiger partial charge in [0.25, 0.3) is 0 Å². The lowest BCUT2D eigenvalue weighted by Gasteiger charge is -2.24. The van der Waals surface area contributed by atoms with E-state index < -0.39 is 29.1 Å². The molecule has 35 heavy (non-hydrogen) atoms. The number of carbonyl (C=O) groups is 4. The Hall–Kier alpha value is -4.14. The molecule has 0 atom stereocenters. The Labute approximate surface area is 203 Å². The first-order valence-corrected chi connectivity index (χ1v) is 11.4. The summed E-state index contributed by atoms with van der Waals surface area (Å²) in [5, 5.41) is 30.4. The lowest BCUT2D eigenvalue weighted by Crippen LogP contribution is -2.25. The highest BCUT2D eigenvalue weighted by Crippen LogP contribution is 2.39. The largest absolute Gasteiger partial charge is 0.507 e. The van der Waals surface area contributed by atoms with Crippen LogP contribution >= 0.6 is 0 Å². The second-order valence-corrected chi connectivity index (χ2v) is 8.03. The smallest absolute Gasteiger partial charge is 0.305 e. The topological polar surface area (TPSA) is 135 Å². The maximum Gasteiger partial charge on any atom is 0.305 e. The molecule has 0 aliphatic heterocycles. The van der Waals surface area contributed by atoms with Crippen LogP contribution in [0, 0.1) is 0 Å². The third-order valence-corrected chi connectivity index (χ3v) is 6.09. The Morgan fingerprint density at radius 2 is 1.51 bits per heavy atom. The van der Waals surface area contributed by atoms with Crippen LogP contribution in [0.15, 0.2) is 59.0 Å². The number of anilines is 1. The molecule has 184 valence electrons. The van der Waals surface area contributed by atoms with Crippen LogP contribution in [0.1, 0.15) is 32.8 Å². The highest BCUT2D eigenvalue weighted by molar-refractivity contribution is 6.63. The van der Waals surface area contributed by atoms with Crippen LogP contribution in [0.4, 0.5) is 5.69 Å². The molecule has 0 radical (unpaired) electrons. The fraction of sp³-hybridized carbons (Fsp3) is 0.308. The summed E-state index contributed by atoms with van der Waals surface area (Å²) in [5.41, 5.74) is 0.275. The van der Waals surface area contributed by atoms with Crippen LogP contribution in [0.2, 0.25) is 0 Å². The van der Waals surface area contributed by atoms with E-state index in [9.17, 15) is 29.4 Å². The molecule has 1 aromatic carbocycles. The number of carboxylic acids is 1. The minimum atomic E-state index is -1.02. The average molecular weight is 481 g/mol. The van der Waals surface area contributed by atoms with Crippen molar-refractivity contribution in [3.8, 4) is 5.75 Å². The molecule has 2 aliphatic rings. The summed E-state index contributed by atoms with van der Waals surface area (Å²) in [4.78, 5) is 53.0. The van der Waals surface area contributed by atoms with Crippen molar-refractivity contribution in [1.29, 1.82) is 0 Å². The number of carbonyl (C=O) groups excluding carboxylic acids is 3. The monoisotopic (exact) mass is 480 g/mol. The van der Waals surface area contributed by atoms with Crippen molar-refractivity contribution in [2.45, 2.75) is 27.2 Å². The molecule has 0 saturated heterocycles. The number of rotatable bonds is 9. The van der Waals surface area contributed by atoms with Crippen molar-refractivity contribution < 1.29 is 34.5 Å². The molecule has 0 amide bonds. The number of carboxylic acid groups (broad SMARTS) is 1. The first-order chi connectivity index (χ1) is 16.6. The number of hydrogen-bond donors (Lipinski definition) is 3. The van der Waals surface area contributed by atoms with Gasteiger partial charge in [0.2, 0.25) is 11.6 Å². The second kappa shape index (κ2) is 10.4. The van der Waals surface area contributed by atoms with Gasteiger partial charge in [0.15, 0.2) is 5.78 Å². The summed E-state index contributed by atoms with van der Waals surface area (Å²) in [6.45, 7) is 7.77. The van der Waals surface area contributed by atoms with E-state index in [0.717, 1.165) is 0 Å². The zero-order valence-electron chi connectivity index (χ0n) is 19.9. The Kier molecular flexibility index (Phi) is 7.58. The van der Waals surface area contributed by atoms with Crippen LogP contribution in [0.3, 0.4) is 0 Å². The number of ketones is 3. The predicted octanol–water partition coefficient (Wildman–Crippen LogP) is 2.78. The molecule has 9 heteroatoms. The van der Waals surface area contributed by atoms with Crippen molar-refractivity contribution in [2.24, 2.45) is 0 Å². The molecule has 0 aromatic heterocycles. The fourth-order valence-corrected chi connectivity index (χ4v) is 4.20. The van der Waals surface area contributed by atoms with Crippen LogP contribution in [0.25, 0.3) is 5.57 Å². The fourth-order valence-electron chi connectivity index (χ4n) is 4.20. The molecule has 3 rings (SSSR count). The highest BCUT2D eigenvalue weighted by atomic mass is 16.4. The van der Waals surface area contributed by atoms with Crippen LogP contribution < -0.4 is 4.90 Å². The van der Waals surface area contributed by atoms with Gasteiger partial charge in [-0.15, -0.1) is 0 Å². The number of Topliss-reactive ketones (excluding diaryl/α,β-unsaturated/α-hetero) is 2. The van der Waals surface area contributed by atoms with Crippen molar-refractivity contribution in [3.63, 3.8) is 0 Å². The number of benzene rings is 1. The summed E-state index contributed by atoms with van der Waals surface area (Å²) >= 11 is 0. The molecule has 1 aromatic rings. The summed E-state index contributed by atoms with van der Waals surface area (Å²) in [5.74, 6) is -4.53. The van der Waals surface area contributed by atoms with Gasteiger partial charge in [0, 0.05) is 60.8 Å². The normalized spacial score (nSPS) is 17.8. The molecule has 0 bridgehead atoms. The van der Waals surface area contributed by atoms with Gasteiger partial charge in [0.1, 0.15) is 11.5 Å². The predicted molar refractivity (Wildman–Crippen MR) is 130 cm³/mol. The van der Waals surface area contributed by atoms with Crippen molar-refractivity contribution in [1.82, 2.24) is 4.90 Å². The van der Waals surface area contributed by atoms with Gasteiger partial charge in [-0.05, 0) is 45.1 Å². The van der Waals surface area contributed by atoms with Gasteiger partial charge in [-0.3, -0.25) is 19.2 Å². The molecule has 3 N–H and O–H groups in total. The van der Waals surface area contributed by atoms with Crippen LogP contribution in [-0.2, 0) is 19.2 Å². The summed E-state index contributed by atoms with van der Waals surface area (Å²) in [6.07, 6.45) is 4.34. The van der Waals surface area contributed by atoms with Gasteiger partial charge in [-0.2, -0.15) is 0 Å². The number of aliphatic hydroxyl groups is 1. The van der Waals surface area contributed by atoms with E-state index in [2.05, 4.69) is 0 Å². The molecule has 9 nitrogen and oxygen atoms in total. The number of phenols is 1. The summed E-state index contributed by atoms with van der Waals surface area (Å²) in [6, 6.07) is 4.29. The van der Waals surface area contributed by atoms with E-state index in [1.54, 1.807) is 17.0 Å². The second-order valence-electron chi connectivity index (χ2n) is 8.03. The number of allylic oxidation sites excluding steroid dienone is 6. The minimum absolute atomic E-state index is 0.0545. The summed E-state index contributed by atoms with van der Waals surface area (Å²) in [7, 11) is 0. The van der Waals surface area contributed by atoms with Crippen molar-refractivity contribution in [2.75, 3.05) is 31.1 Å². The number of hydrogen-bond acceptors (Lipinski definition) is 8. The van der Waals surface area contributed by atoms with Gasteiger partial charge >= 0.3 is 5.97 Å². The molecule has 2 aliphatic carbocycles. The standard InChI is InChI=1S/C26H28N2O7/c1-4-27(5-2)15-7-9-17(19(29)13-15)22-24(33)23(26(35)25(22)34)18-10-8-16(14-20(18)30)28(6-3)12-11-21(31)32/h7-10,13-14,30,33H,4-6,11-12H2,1-3H3,(H,31,32)/b22-17+. The van der Waals surface area contributed by atoms with E-state index in [4.69, 9.17) is 5.11 Å². The quantitative estimate of drug-likeness (QED) is 0.360. The number of nitrogens with zero attached hydrogens (tertiary/aromatic N) is 2. The van der Waals surface area contributed by atoms with E-state index >= 15 is 0 Å². The van der Waals surface area contributed by atoms with Crippen molar-refractivity contribution >= 4 is 34.6 Å². The Balaban J connectivity index is 2.01. The maximum atomic E-state index is 12.8. The van der Waals surface area contributed by atoms with Crippen LogP contribution in [0.5, 0.6) is 5.75 Å². The zero-order valence-corrected chi connectivity index (χ0v) is 19.9. The molecule has 0 fully saturated rings. The molecule has 0 saturated carbocycles. The van der Waals surface area contributed by atoms with Crippen molar-refractivity contribution in [3.05, 3.63) is 64.6 Å². The number of likely N-dealkylation sites (N-methyl/N-ethyl adjacent to an activating group) is 1. The van der Waals surface area contributed by atoms with Gasteiger partial charge in [-0.25, -0.2) is 0 Å². The van der Waals surface area contributed by atoms with E-state index in [0.29, 0.717) is 31.0 Å². The first-order valence-electron chi connectivity index (χ1n) is 11.4. The minimum Gasteiger partial charge on any atom is -0.507 e. The van der Waals surface area contributed by atoms with E-state index in [-0.39, 0.29) is 41.0 Å². The van der Waals surface area contributed by atoms with E-state index in [1.165, 1.54) is 24.3 Å². The average Bonchev–Trinajstić information content (AvgIpc) is 3.03. The lowest BCUT2D eigenvalue weighted by molar-refractivity contribution is -0.136. The number of phenolic OH excluding ortho intramolecular Hbond substituents is 1. The first kappa shape index (κ1) is 25.5. The SMILES string of the molecule is CCN(CC)C1=CC(=O)/C(=C2/C(=O)C(=O)C(c3ccc(N(CC)CCC(=O)O)cc3O)=C2O)C=C1. The lowest BCUT2D eigenvalue weighted by atomic mass is 9.96. The zero-order chi connectivity index (χ0) is 25.9. The van der Waals surface area contributed by atoms with Gasteiger partial charge < -0.3 is 25.1 Å².